The standard InChI is InChI=1S/C18H19N3O2S/c1-3-12-5-4-6-13(9-12)19-17(22)11-24-18-20-15-8-7-14(23-2)10-16(15)21-18/h4-10H,3,11H2,1-2H3,(H,19,22)(H,20,21). The molecule has 1 amide bonds. The predicted octanol–water partition coefficient (Wildman–Crippen LogP) is 3.86. The molecule has 0 bridgehead atoms. The molecule has 0 atom stereocenters. The number of aromatic nitrogens is 2. The van der Waals surface area contributed by atoms with Gasteiger partial charge >= 0.3 is 0 Å². The van der Waals surface area contributed by atoms with Crippen LogP contribution >= 0.6 is 11.8 Å². The summed E-state index contributed by atoms with van der Waals surface area (Å²) >= 11 is 1.38. The quantitative estimate of drug-likeness (QED) is 0.668. The first-order valence-electron chi connectivity index (χ1n) is 7.73. The molecule has 1 aromatic heterocycles. The number of amides is 1. The molecule has 124 valence electrons. The molecule has 3 aromatic rings. The molecule has 6 heteroatoms. The lowest BCUT2D eigenvalue weighted by molar-refractivity contribution is -0.113. The van der Waals surface area contributed by atoms with E-state index in [0.717, 1.165) is 34.0 Å². The van der Waals surface area contributed by atoms with Crippen molar-refractivity contribution < 1.29 is 9.53 Å². The summed E-state index contributed by atoms with van der Waals surface area (Å²) in [6.07, 6.45) is 0.945. The molecule has 0 unspecified atom stereocenters. The summed E-state index contributed by atoms with van der Waals surface area (Å²) in [6, 6.07) is 13.5. The predicted molar refractivity (Wildman–Crippen MR) is 97.8 cm³/mol. The Balaban J connectivity index is 1.61. The second-order valence-corrected chi connectivity index (χ2v) is 6.28. The van der Waals surface area contributed by atoms with Crippen molar-refractivity contribution in [3.05, 3.63) is 48.0 Å². The Morgan fingerprint density at radius 2 is 2.17 bits per heavy atom. The molecule has 0 aliphatic rings. The second-order valence-electron chi connectivity index (χ2n) is 5.32. The number of fused-ring (bicyclic) bond motifs is 1. The molecular weight excluding hydrogens is 322 g/mol. The van der Waals surface area contributed by atoms with Crippen LogP contribution in [0.1, 0.15) is 12.5 Å². The monoisotopic (exact) mass is 341 g/mol. The van der Waals surface area contributed by atoms with Crippen LogP contribution in [-0.4, -0.2) is 28.7 Å². The molecule has 5 nitrogen and oxygen atoms in total. The Kier molecular flexibility index (Phi) is 5.05. The zero-order valence-corrected chi connectivity index (χ0v) is 14.4. The first-order chi connectivity index (χ1) is 11.7. The topological polar surface area (TPSA) is 67.0 Å². The van der Waals surface area contributed by atoms with Crippen LogP contribution in [-0.2, 0) is 11.2 Å². The van der Waals surface area contributed by atoms with Gasteiger partial charge in [-0.15, -0.1) is 0 Å². The summed E-state index contributed by atoms with van der Waals surface area (Å²) in [5.41, 5.74) is 3.78. The highest BCUT2D eigenvalue weighted by Crippen LogP contribution is 2.23. The van der Waals surface area contributed by atoms with Gasteiger partial charge in [-0.05, 0) is 36.2 Å². The van der Waals surface area contributed by atoms with Gasteiger partial charge in [0.05, 0.1) is 23.9 Å². The molecule has 0 aliphatic heterocycles. The Bertz CT molecular complexity index is 860. The molecule has 0 aliphatic carbocycles. The van der Waals surface area contributed by atoms with E-state index >= 15 is 0 Å². The molecule has 0 saturated heterocycles. The van der Waals surface area contributed by atoms with Crippen LogP contribution in [0.3, 0.4) is 0 Å². The Labute approximate surface area is 144 Å². The smallest absolute Gasteiger partial charge is 0.234 e. The number of benzene rings is 2. The molecule has 2 aromatic carbocycles. The van der Waals surface area contributed by atoms with Gasteiger partial charge in [0.15, 0.2) is 5.16 Å². The van der Waals surface area contributed by atoms with E-state index < -0.39 is 0 Å². The van der Waals surface area contributed by atoms with Crippen molar-refractivity contribution in [3.8, 4) is 5.75 Å². The van der Waals surface area contributed by atoms with Crippen LogP contribution in [0.25, 0.3) is 11.0 Å². The van der Waals surface area contributed by atoms with Crippen molar-refractivity contribution in [2.75, 3.05) is 18.2 Å². The number of ether oxygens (including phenoxy) is 1. The zero-order chi connectivity index (χ0) is 16.9. The largest absolute Gasteiger partial charge is 0.497 e. The number of anilines is 1. The zero-order valence-electron chi connectivity index (χ0n) is 13.6. The fourth-order valence-electron chi connectivity index (χ4n) is 2.36. The van der Waals surface area contributed by atoms with Crippen molar-refractivity contribution in [2.45, 2.75) is 18.5 Å². The van der Waals surface area contributed by atoms with Crippen molar-refractivity contribution >= 4 is 34.4 Å². The lowest BCUT2D eigenvalue weighted by atomic mass is 10.1. The first-order valence-corrected chi connectivity index (χ1v) is 8.72. The molecule has 24 heavy (non-hydrogen) atoms. The summed E-state index contributed by atoms with van der Waals surface area (Å²) in [5, 5.41) is 3.64. The van der Waals surface area contributed by atoms with Gasteiger partial charge < -0.3 is 15.0 Å². The van der Waals surface area contributed by atoms with Gasteiger partial charge in [0, 0.05) is 11.8 Å². The van der Waals surface area contributed by atoms with E-state index in [-0.39, 0.29) is 5.91 Å². The summed E-state index contributed by atoms with van der Waals surface area (Å²) in [7, 11) is 1.63. The van der Waals surface area contributed by atoms with Gasteiger partial charge in [0.25, 0.3) is 0 Å². The molecule has 0 spiro atoms. The van der Waals surface area contributed by atoms with Crippen LogP contribution in [0.15, 0.2) is 47.6 Å². The molecule has 2 N–H and O–H groups in total. The third-order valence-electron chi connectivity index (χ3n) is 3.63. The molecule has 1 heterocycles. The van der Waals surface area contributed by atoms with Crippen LogP contribution in [0, 0.1) is 0 Å². The van der Waals surface area contributed by atoms with Crippen LogP contribution in [0.5, 0.6) is 5.75 Å². The van der Waals surface area contributed by atoms with Crippen LogP contribution in [0.2, 0.25) is 0 Å². The highest BCUT2D eigenvalue weighted by atomic mass is 32.2. The van der Waals surface area contributed by atoms with Gasteiger partial charge in [0.1, 0.15) is 5.75 Å². The van der Waals surface area contributed by atoms with E-state index in [1.54, 1.807) is 7.11 Å². The molecular formula is C18H19N3O2S. The lowest BCUT2D eigenvalue weighted by Crippen LogP contribution is -2.14. The Morgan fingerprint density at radius 3 is 2.96 bits per heavy atom. The van der Waals surface area contributed by atoms with E-state index in [1.165, 1.54) is 17.3 Å². The number of thioether (sulfide) groups is 1. The summed E-state index contributed by atoms with van der Waals surface area (Å²) in [5.74, 6) is 1.02. The van der Waals surface area contributed by atoms with E-state index in [2.05, 4.69) is 22.2 Å². The number of rotatable bonds is 6. The minimum atomic E-state index is -0.0497. The van der Waals surface area contributed by atoms with Crippen LogP contribution in [0.4, 0.5) is 5.69 Å². The minimum Gasteiger partial charge on any atom is -0.497 e. The number of imidazole rings is 1. The average Bonchev–Trinajstić information content (AvgIpc) is 3.02. The second kappa shape index (κ2) is 7.40. The third kappa shape index (κ3) is 3.89. The van der Waals surface area contributed by atoms with Gasteiger partial charge in [0.2, 0.25) is 5.91 Å². The first kappa shape index (κ1) is 16.4. The van der Waals surface area contributed by atoms with Crippen molar-refractivity contribution in [2.24, 2.45) is 0 Å². The number of carbonyl (C=O) groups excluding carboxylic acids is 1. The minimum absolute atomic E-state index is 0.0497. The Morgan fingerprint density at radius 1 is 1.29 bits per heavy atom. The summed E-state index contributed by atoms with van der Waals surface area (Å²) in [4.78, 5) is 19.8. The average molecular weight is 341 g/mol. The maximum Gasteiger partial charge on any atom is 0.234 e. The number of H-pyrrole nitrogens is 1. The van der Waals surface area contributed by atoms with E-state index in [9.17, 15) is 4.79 Å². The third-order valence-corrected chi connectivity index (χ3v) is 4.50. The fourth-order valence-corrected chi connectivity index (χ4v) is 3.05. The van der Waals surface area contributed by atoms with Gasteiger partial charge in [-0.3, -0.25) is 4.79 Å². The van der Waals surface area contributed by atoms with Gasteiger partial charge in [-0.1, -0.05) is 30.8 Å². The summed E-state index contributed by atoms with van der Waals surface area (Å²) in [6.45, 7) is 2.09. The number of nitrogens with zero attached hydrogens (tertiary/aromatic N) is 1. The van der Waals surface area contributed by atoms with Crippen molar-refractivity contribution in [3.63, 3.8) is 0 Å². The van der Waals surface area contributed by atoms with E-state index in [1.807, 2.05) is 42.5 Å². The van der Waals surface area contributed by atoms with Gasteiger partial charge in [-0.25, -0.2) is 4.98 Å². The van der Waals surface area contributed by atoms with E-state index in [4.69, 9.17) is 4.74 Å². The number of hydrogen-bond acceptors (Lipinski definition) is 4. The van der Waals surface area contributed by atoms with Gasteiger partial charge in [-0.2, -0.15) is 0 Å². The molecule has 0 saturated carbocycles. The maximum atomic E-state index is 12.1. The highest BCUT2D eigenvalue weighted by Gasteiger charge is 2.08. The fraction of sp³-hybridized carbons (Fsp3) is 0.222. The number of aryl methyl sites for hydroxylation is 1. The molecule has 0 radical (unpaired) electrons. The number of methoxy groups -OCH3 is 1. The van der Waals surface area contributed by atoms with Crippen molar-refractivity contribution in [1.82, 2.24) is 9.97 Å². The van der Waals surface area contributed by atoms with Crippen LogP contribution < -0.4 is 10.1 Å². The number of carbonyl (C=O) groups is 1. The Hall–Kier alpha value is -2.47. The van der Waals surface area contributed by atoms with E-state index in [0.29, 0.717) is 5.75 Å². The molecule has 0 fully saturated rings. The van der Waals surface area contributed by atoms with Crippen molar-refractivity contribution in [1.29, 1.82) is 0 Å². The lowest BCUT2D eigenvalue weighted by Gasteiger charge is -2.05. The normalized spacial score (nSPS) is 10.8. The maximum absolute atomic E-state index is 12.1. The SMILES string of the molecule is CCc1cccc(NC(=O)CSc2nc3ccc(OC)cc3[nH]2)c1. The highest BCUT2D eigenvalue weighted by molar-refractivity contribution is 7.99. The number of hydrogen-bond donors (Lipinski definition) is 2. The number of aromatic amines is 1. The number of nitrogens with one attached hydrogen (secondary N) is 2. The summed E-state index contributed by atoms with van der Waals surface area (Å²) < 4.78 is 5.20. The molecule has 3 rings (SSSR count).